The highest BCUT2D eigenvalue weighted by atomic mass is 16.5. The summed E-state index contributed by atoms with van der Waals surface area (Å²) in [4.78, 5) is 0. The summed E-state index contributed by atoms with van der Waals surface area (Å²) in [5, 5.41) is 10.3. The lowest BCUT2D eigenvalue weighted by atomic mass is 9.96. The normalized spacial score (nSPS) is 13.7. The van der Waals surface area contributed by atoms with E-state index in [9.17, 15) is 5.11 Å². The molecule has 0 aliphatic rings. The number of hydrogen-bond acceptors (Lipinski definition) is 2. The second-order valence-corrected chi connectivity index (χ2v) is 4.76. The van der Waals surface area contributed by atoms with Gasteiger partial charge in [-0.1, -0.05) is 66.7 Å². The van der Waals surface area contributed by atoms with Crippen LogP contribution < -0.4 is 0 Å². The molecule has 0 amide bonds. The number of aliphatic hydroxyl groups is 1. The van der Waals surface area contributed by atoms with Crippen LogP contribution in [0.5, 0.6) is 0 Å². The van der Waals surface area contributed by atoms with E-state index in [1.807, 2.05) is 60.7 Å². The standard InChI is InChI=1S/C18H20O2/c1-2-16(18(19)17-11-7-4-8-12-17)14-20-13-15-9-5-3-6-10-15/h2-12,16,18-19H,1,13-14H2/t16-,18+/m0/s1. The molecule has 0 radical (unpaired) electrons. The summed E-state index contributed by atoms with van der Waals surface area (Å²) in [6.45, 7) is 4.79. The van der Waals surface area contributed by atoms with Crippen LogP contribution in [0.2, 0.25) is 0 Å². The Bertz CT molecular complexity index is 507. The number of aliphatic hydroxyl groups excluding tert-OH is 1. The van der Waals surface area contributed by atoms with Crippen LogP contribution in [0.1, 0.15) is 17.2 Å². The van der Waals surface area contributed by atoms with Gasteiger partial charge in [-0.2, -0.15) is 0 Å². The van der Waals surface area contributed by atoms with E-state index < -0.39 is 6.10 Å². The molecule has 2 atom stereocenters. The van der Waals surface area contributed by atoms with Crippen molar-refractivity contribution in [1.82, 2.24) is 0 Å². The minimum absolute atomic E-state index is 0.110. The molecule has 2 rings (SSSR count). The first-order valence-electron chi connectivity index (χ1n) is 6.78. The molecule has 0 saturated heterocycles. The van der Waals surface area contributed by atoms with Crippen molar-refractivity contribution >= 4 is 0 Å². The van der Waals surface area contributed by atoms with E-state index in [4.69, 9.17) is 4.74 Å². The Hall–Kier alpha value is -1.90. The van der Waals surface area contributed by atoms with Gasteiger partial charge in [-0.25, -0.2) is 0 Å². The average Bonchev–Trinajstić information content (AvgIpc) is 2.53. The number of benzene rings is 2. The summed E-state index contributed by atoms with van der Waals surface area (Å²) in [6, 6.07) is 19.6. The molecule has 0 aliphatic heterocycles. The van der Waals surface area contributed by atoms with Crippen LogP contribution in [0.4, 0.5) is 0 Å². The summed E-state index contributed by atoms with van der Waals surface area (Å²) >= 11 is 0. The summed E-state index contributed by atoms with van der Waals surface area (Å²) in [6.07, 6.45) is 1.17. The van der Waals surface area contributed by atoms with Gasteiger partial charge in [0.1, 0.15) is 0 Å². The highest BCUT2D eigenvalue weighted by molar-refractivity contribution is 5.19. The van der Waals surface area contributed by atoms with Gasteiger partial charge in [0.05, 0.1) is 19.3 Å². The molecule has 0 aliphatic carbocycles. The Morgan fingerprint density at radius 3 is 2.20 bits per heavy atom. The van der Waals surface area contributed by atoms with Crippen LogP contribution in [-0.4, -0.2) is 11.7 Å². The van der Waals surface area contributed by atoms with Crippen molar-refractivity contribution in [2.75, 3.05) is 6.61 Å². The maximum Gasteiger partial charge on any atom is 0.0874 e. The van der Waals surface area contributed by atoms with Crippen molar-refractivity contribution in [3.63, 3.8) is 0 Å². The van der Waals surface area contributed by atoms with Gasteiger partial charge in [0.2, 0.25) is 0 Å². The Morgan fingerprint density at radius 2 is 1.60 bits per heavy atom. The first kappa shape index (κ1) is 14.5. The van der Waals surface area contributed by atoms with Crippen LogP contribution >= 0.6 is 0 Å². The van der Waals surface area contributed by atoms with Crippen molar-refractivity contribution in [1.29, 1.82) is 0 Å². The van der Waals surface area contributed by atoms with E-state index in [1.54, 1.807) is 6.08 Å². The van der Waals surface area contributed by atoms with Gasteiger partial charge in [0, 0.05) is 5.92 Å². The molecule has 0 unspecified atom stereocenters. The van der Waals surface area contributed by atoms with E-state index >= 15 is 0 Å². The Balaban J connectivity index is 1.88. The fraction of sp³-hybridized carbons (Fsp3) is 0.222. The van der Waals surface area contributed by atoms with Crippen LogP contribution in [0, 0.1) is 5.92 Å². The molecule has 2 aromatic carbocycles. The summed E-state index contributed by atoms with van der Waals surface area (Å²) in [5.41, 5.74) is 2.02. The van der Waals surface area contributed by atoms with Crippen molar-refractivity contribution in [2.45, 2.75) is 12.7 Å². The SMILES string of the molecule is C=C[C@@H](COCc1ccccc1)[C@@H](O)c1ccccc1. The maximum atomic E-state index is 10.3. The van der Waals surface area contributed by atoms with E-state index in [0.717, 1.165) is 11.1 Å². The molecule has 0 bridgehead atoms. The second-order valence-electron chi connectivity index (χ2n) is 4.76. The third-order valence-electron chi connectivity index (χ3n) is 3.27. The van der Waals surface area contributed by atoms with Crippen molar-refractivity contribution in [3.8, 4) is 0 Å². The van der Waals surface area contributed by atoms with E-state index in [0.29, 0.717) is 13.2 Å². The zero-order chi connectivity index (χ0) is 14.2. The lowest BCUT2D eigenvalue weighted by molar-refractivity contribution is 0.0400. The first-order chi connectivity index (χ1) is 9.81. The van der Waals surface area contributed by atoms with Gasteiger partial charge < -0.3 is 9.84 Å². The van der Waals surface area contributed by atoms with E-state index in [-0.39, 0.29) is 5.92 Å². The largest absolute Gasteiger partial charge is 0.388 e. The Morgan fingerprint density at radius 1 is 1.00 bits per heavy atom. The topological polar surface area (TPSA) is 29.5 Å². The molecule has 20 heavy (non-hydrogen) atoms. The Labute approximate surface area is 120 Å². The van der Waals surface area contributed by atoms with Crippen LogP contribution in [0.25, 0.3) is 0 Å². The third-order valence-corrected chi connectivity index (χ3v) is 3.27. The van der Waals surface area contributed by atoms with Gasteiger partial charge in [0.25, 0.3) is 0 Å². The predicted molar refractivity (Wildman–Crippen MR) is 81.2 cm³/mol. The molecular weight excluding hydrogens is 248 g/mol. The van der Waals surface area contributed by atoms with Crippen LogP contribution in [0.3, 0.4) is 0 Å². The molecule has 0 aromatic heterocycles. The smallest absolute Gasteiger partial charge is 0.0874 e. The molecule has 2 aromatic rings. The maximum absolute atomic E-state index is 10.3. The molecule has 1 N–H and O–H groups in total. The highest BCUT2D eigenvalue weighted by Crippen LogP contribution is 2.23. The fourth-order valence-electron chi connectivity index (χ4n) is 2.07. The van der Waals surface area contributed by atoms with Crippen molar-refractivity contribution in [3.05, 3.63) is 84.4 Å². The number of hydrogen-bond donors (Lipinski definition) is 1. The van der Waals surface area contributed by atoms with Crippen LogP contribution in [-0.2, 0) is 11.3 Å². The molecule has 0 heterocycles. The van der Waals surface area contributed by atoms with Gasteiger partial charge in [-0.3, -0.25) is 0 Å². The van der Waals surface area contributed by atoms with Crippen LogP contribution in [0.15, 0.2) is 73.3 Å². The van der Waals surface area contributed by atoms with Gasteiger partial charge >= 0.3 is 0 Å². The monoisotopic (exact) mass is 268 g/mol. The van der Waals surface area contributed by atoms with E-state index in [1.165, 1.54) is 0 Å². The lowest BCUT2D eigenvalue weighted by Gasteiger charge is -2.20. The lowest BCUT2D eigenvalue weighted by Crippen LogP contribution is -2.16. The molecule has 2 nitrogen and oxygen atoms in total. The summed E-state index contributed by atoms with van der Waals surface area (Å²) in [5.74, 6) is -0.110. The van der Waals surface area contributed by atoms with Crippen molar-refractivity contribution in [2.24, 2.45) is 5.92 Å². The van der Waals surface area contributed by atoms with Gasteiger partial charge in [0.15, 0.2) is 0 Å². The first-order valence-corrected chi connectivity index (χ1v) is 6.78. The second kappa shape index (κ2) is 7.63. The molecule has 0 saturated carbocycles. The predicted octanol–water partition coefficient (Wildman–Crippen LogP) is 3.74. The molecule has 0 fully saturated rings. The third kappa shape index (κ3) is 4.05. The highest BCUT2D eigenvalue weighted by Gasteiger charge is 2.17. The zero-order valence-corrected chi connectivity index (χ0v) is 11.5. The van der Waals surface area contributed by atoms with Gasteiger partial charge in [-0.15, -0.1) is 6.58 Å². The zero-order valence-electron chi connectivity index (χ0n) is 11.5. The molecular formula is C18H20O2. The minimum Gasteiger partial charge on any atom is -0.388 e. The van der Waals surface area contributed by atoms with E-state index in [2.05, 4.69) is 6.58 Å². The molecule has 104 valence electrons. The number of rotatable bonds is 7. The molecule has 2 heteroatoms. The summed E-state index contributed by atoms with van der Waals surface area (Å²) < 4.78 is 5.68. The Kier molecular flexibility index (Phi) is 5.54. The average molecular weight is 268 g/mol. The minimum atomic E-state index is -0.579. The molecule has 0 spiro atoms. The number of ether oxygens (including phenoxy) is 1. The fourth-order valence-corrected chi connectivity index (χ4v) is 2.07. The van der Waals surface area contributed by atoms with Gasteiger partial charge in [-0.05, 0) is 11.1 Å². The van der Waals surface area contributed by atoms with Crippen molar-refractivity contribution < 1.29 is 9.84 Å². The summed E-state index contributed by atoms with van der Waals surface area (Å²) in [7, 11) is 0. The quantitative estimate of drug-likeness (QED) is 0.775.